The van der Waals surface area contributed by atoms with Gasteiger partial charge in [0.2, 0.25) is 0 Å². The second-order valence-corrected chi connectivity index (χ2v) is 2.44. The first-order chi connectivity index (χ1) is 6.22. The number of rotatable bonds is 4. The summed E-state index contributed by atoms with van der Waals surface area (Å²) < 4.78 is 4.90. The van der Waals surface area contributed by atoms with Crippen LogP contribution < -0.4 is 61.2 Å². The van der Waals surface area contributed by atoms with E-state index in [0.29, 0.717) is 5.75 Å². The molecule has 1 aromatic rings. The predicted molar refractivity (Wildman–Crippen MR) is 47.0 cm³/mol. The SMILES string of the molecule is C=Cc1cccc(OCC(=O)[O-])c1.[K+]. The van der Waals surface area contributed by atoms with Crippen molar-refractivity contribution in [3.05, 3.63) is 36.4 Å². The molecule has 0 N–H and O–H groups in total. The van der Waals surface area contributed by atoms with E-state index >= 15 is 0 Å². The van der Waals surface area contributed by atoms with Crippen molar-refractivity contribution in [3.8, 4) is 5.75 Å². The molecule has 1 aromatic carbocycles. The van der Waals surface area contributed by atoms with Crippen molar-refractivity contribution in [2.75, 3.05) is 6.61 Å². The van der Waals surface area contributed by atoms with Crippen molar-refractivity contribution in [2.24, 2.45) is 0 Å². The Morgan fingerprint density at radius 2 is 2.29 bits per heavy atom. The maximum absolute atomic E-state index is 10.1. The Morgan fingerprint density at radius 1 is 1.57 bits per heavy atom. The molecule has 0 aromatic heterocycles. The number of carboxylic acids is 1. The zero-order chi connectivity index (χ0) is 9.68. The summed E-state index contributed by atoms with van der Waals surface area (Å²) in [6, 6.07) is 6.99. The number of carbonyl (C=O) groups is 1. The monoisotopic (exact) mass is 216 g/mol. The second kappa shape index (κ2) is 7.20. The van der Waals surface area contributed by atoms with Gasteiger partial charge in [-0.2, -0.15) is 0 Å². The molecular weight excluding hydrogens is 207 g/mol. The molecule has 4 heteroatoms. The van der Waals surface area contributed by atoms with Crippen LogP contribution in [0.15, 0.2) is 30.8 Å². The van der Waals surface area contributed by atoms with Gasteiger partial charge in [0, 0.05) is 0 Å². The van der Waals surface area contributed by atoms with Gasteiger partial charge in [0.1, 0.15) is 12.4 Å². The van der Waals surface area contributed by atoms with Crippen LogP contribution in [-0.2, 0) is 4.79 Å². The van der Waals surface area contributed by atoms with E-state index in [-0.39, 0.29) is 51.4 Å². The summed E-state index contributed by atoms with van der Waals surface area (Å²) >= 11 is 0. The molecule has 0 heterocycles. The normalized spacial score (nSPS) is 8.57. The van der Waals surface area contributed by atoms with Crippen molar-refractivity contribution < 1.29 is 66.0 Å². The van der Waals surface area contributed by atoms with Crippen molar-refractivity contribution in [1.82, 2.24) is 0 Å². The Balaban J connectivity index is 0.00000169. The molecule has 0 bridgehead atoms. The van der Waals surface area contributed by atoms with E-state index < -0.39 is 12.6 Å². The quantitative estimate of drug-likeness (QED) is 0.521. The fourth-order valence-corrected chi connectivity index (χ4v) is 0.874. The zero-order valence-electron chi connectivity index (χ0n) is 8.03. The summed E-state index contributed by atoms with van der Waals surface area (Å²) in [4.78, 5) is 10.1. The number of aliphatic carboxylic acids is 1. The van der Waals surface area contributed by atoms with Gasteiger partial charge in [0.15, 0.2) is 0 Å². The van der Waals surface area contributed by atoms with Crippen LogP contribution in [0, 0.1) is 0 Å². The third kappa shape index (κ3) is 4.93. The Labute approximate surface area is 125 Å². The summed E-state index contributed by atoms with van der Waals surface area (Å²) in [6.45, 7) is 3.15. The summed E-state index contributed by atoms with van der Waals surface area (Å²) in [6.07, 6.45) is 1.66. The topological polar surface area (TPSA) is 49.4 Å². The molecule has 0 aliphatic heterocycles. The Kier molecular flexibility index (Phi) is 7.13. The summed E-state index contributed by atoms with van der Waals surface area (Å²) in [5.74, 6) is -0.731. The minimum atomic E-state index is -1.23. The molecule has 0 saturated carbocycles. The van der Waals surface area contributed by atoms with Crippen LogP contribution in [0.4, 0.5) is 0 Å². The Morgan fingerprint density at radius 3 is 2.86 bits per heavy atom. The molecule has 1 rings (SSSR count). The maximum Gasteiger partial charge on any atom is 1.00 e. The van der Waals surface area contributed by atoms with Crippen LogP contribution in [-0.4, -0.2) is 12.6 Å². The molecule has 68 valence electrons. The van der Waals surface area contributed by atoms with Gasteiger partial charge in [-0.25, -0.2) is 0 Å². The third-order valence-corrected chi connectivity index (χ3v) is 1.45. The fraction of sp³-hybridized carbons (Fsp3) is 0.100. The first-order valence-corrected chi connectivity index (χ1v) is 3.77. The molecule has 0 amide bonds. The van der Waals surface area contributed by atoms with Crippen LogP contribution in [0.1, 0.15) is 5.56 Å². The molecule has 0 unspecified atom stereocenters. The van der Waals surface area contributed by atoms with Gasteiger partial charge in [-0.15, -0.1) is 0 Å². The number of carbonyl (C=O) groups excluding carboxylic acids is 1. The van der Waals surface area contributed by atoms with E-state index in [1.165, 1.54) is 0 Å². The summed E-state index contributed by atoms with van der Waals surface area (Å²) in [5, 5.41) is 10.1. The van der Waals surface area contributed by atoms with Crippen LogP contribution >= 0.6 is 0 Å². The van der Waals surface area contributed by atoms with E-state index in [0.717, 1.165) is 5.56 Å². The minimum absolute atomic E-state index is 0. The zero-order valence-corrected chi connectivity index (χ0v) is 11.1. The fourth-order valence-electron chi connectivity index (χ4n) is 0.874. The standard InChI is InChI=1S/C10H10O3.K/c1-2-8-4-3-5-9(6-8)13-7-10(11)12;/h2-6H,1,7H2,(H,11,12);/q;+1/p-1. The van der Waals surface area contributed by atoms with Gasteiger partial charge in [-0.05, 0) is 17.7 Å². The van der Waals surface area contributed by atoms with Gasteiger partial charge in [-0.1, -0.05) is 24.8 Å². The number of carboxylic acid groups (broad SMARTS) is 1. The van der Waals surface area contributed by atoms with E-state index in [1.54, 1.807) is 24.3 Å². The first kappa shape index (κ1) is 13.9. The summed E-state index contributed by atoms with van der Waals surface area (Å²) in [7, 11) is 0. The molecule has 0 spiro atoms. The van der Waals surface area contributed by atoms with Crippen LogP contribution in [0.25, 0.3) is 6.08 Å². The van der Waals surface area contributed by atoms with Crippen LogP contribution in [0.2, 0.25) is 0 Å². The summed E-state index contributed by atoms with van der Waals surface area (Å²) in [5.41, 5.74) is 0.885. The number of hydrogen-bond donors (Lipinski definition) is 0. The molecule has 0 atom stereocenters. The number of ether oxygens (including phenoxy) is 1. The average molecular weight is 216 g/mol. The Bertz CT molecular complexity index is 323. The Hall–Kier alpha value is -0.134. The minimum Gasteiger partial charge on any atom is -0.546 e. The van der Waals surface area contributed by atoms with E-state index in [9.17, 15) is 9.90 Å². The molecular formula is C10H9KO3. The maximum atomic E-state index is 10.1. The predicted octanol–water partition coefficient (Wildman–Crippen LogP) is -2.54. The molecule has 0 fully saturated rings. The van der Waals surface area contributed by atoms with Gasteiger partial charge in [0.05, 0.1) is 5.97 Å². The van der Waals surface area contributed by atoms with Crippen LogP contribution in [0.5, 0.6) is 5.75 Å². The van der Waals surface area contributed by atoms with Crippen molar-refractivity contribution in [3.63, 3.8) is 0 Å². The van der Waals surface area contributed by atoms with Crippen molar-refractivity contribution >= 4 is 12.0 Å². The van der Waals surface area contributed by atoms with E-state index in [4.69, 9.17) is 4.74 Å². The average Bonchev–Trinajstić information content (AvgIpc) is 2.15. The molecule has 3 nitrogen and oxygen atoms in total. The van der Waals surface area contributed by atoms with Crippen LogP contribution in [0.3, 0.4) is 0 Å². The molecule has 14 heavy (non-hydrogen) atoms. The molecule has 0 aliphatic carbocycles. The largest absolute Gasteiger partial charge is 1.00 e. The van der Waals surface area contributed by atoms with Gasteiger partial charge in [0.25, 0.3) is 0 Å². The van der Waals surface area contributed by atoms with Gasteiger partial charge < -0.3 is 14.6 Å². The second-order valence-electron chi connectivity index (χ2n) is 2.44. The number of benzene rings is 1. The smallest absolute Gasteiger partial charge is 0.546 e. The number of hydrogen-bond acceptors (Lipinski definition) is 3. The first-order valence-electron chi connectivity index (χ1n) is 3.77. The third-order valence-electron chi connectivity index (χ3n) is 1.45. The van der Waals surface area contributed by atoms with Gasteiger partial charge in [-0.3, -0.25) is 0 Å². The van der Waals surface area contributed by atoms with Gasteiger partial charge >= 0.3 is 51.4 Å². The molecule has 0 saturated heterocycles. The van der Waals surface area contributed by atoms with E-state index in [2.05, 4.69) is 6.58 Å². The molecule has 0 aliphatic rings. The van der Waals surface area contributed by atoms with Crippen molar-refractivity contribution in [1.29, 1.82) is 0 Å². The molecule has 0 radical (unpaired) electrons. The van der Waals surface area contributed by atoms with E-state index in [1.807, 2.05) is 6.07 Å². The van der Waals surface area contributed by atoms with Crippen molar-refractivity contribution in [2.45, 2.75) is 0 Å².